The highest BCUT2D eigenvalue weighted by molar-refractivity contribution is 7.30. The lowest BCUT2D eigenvalue weighted by atomic mass is 10.1. The minimum absolute atomic E-state index is 0.0526. The van der Waals surface area contributed by atoms with Crippen LogP contribution in [0.1, 0.15) is 11.1 Å². The molecule has 7 nitrogen and oxygen atoms in total. The smallest absolute Gasteiger partial charge is 0.375 e. The van der Waals surface area contributed by atoms with Crippen molar-refractivity contribution in [3.63, 3.8) is 0 Å². The van der Waals surface area contributed by atoms with Gasteiger partial charge in [-0.25, -0.2) is 0 Å². The van der Waals surface area contributed by atoms with Crippen LogP contribution in [0.5, 0.6) is 0 Å². The molecule has 0 unspecified atom stereocenters. The van der Waals surface area contributed by atoms with Gasteiger partial charge in [-0.3, -0.25) is 14.7 Å². The molecule has 2 aromatic rings. The first kappa shape index (κ1) is 20.6. The number of nitrogens with one attached hydrogen (secondary N) is 1. The van der Waals surface area contributed by atoms with Gasteiger partial charge in [-0.2, -0.15) is 13.2 Å². The molecule has 0 saturated heterocycles. The number of alkyl halides is 3. The Balaban J connectivity index is 0.000000705. The zero-order valence-corrected chi connectivity index (χ0v) is 13.5. The molecule has 0 atom stereocenters. The number of nitrogens with zero attached hydrogens (tertiary/aromatic N) is 1. The summed E-state index contributed by atoms with van der Waals surface area (Å²) in [6.45, 7) is 0.285. The van der Waals surface area contributed by atoms with E-state index < -0.39 is 30.6 Å². The molecule has 2 aromatic carbocycles. The summed E-state index contributed by atoms with van der Waals surface area (Å²) in [5.41, 5.74) is -0.719. The lowest BCUT2D eigenvalue weighted by Crippen LogP contribution is -2.08. The molecule has 0 aromatic heterocycles. The van der Waals surface area contributed by atoms with Gasteiger partial charge in [-0.05, 0) is 17.7 Å². The van der Waals surface area contributed by atoms with Crippen molar-refractivity contribution in [2.75, 3.05) is 5.32 Å². The maximum atomic E-state index is 12.6. The van der Waals surface area contributed by atoms with Crippen LogP contribution in [-0.4, -0.2) is 14.7 Å². The van der Waals surface area contributed by atoms with Crippen molar-refractivity contribution in [3.8, 4) is 0 Å². The number of halogens is 3. The first-order valence-corrected chi connectivity index (χ1v) is 7.97. The Hall–Kier alpha value is -2.42. The van der Waals surface area contributed by atoms with E-state index in [0.29, 0.717) is 6.07 Å². The predicted octanol–water partition coefficient (Wildman–Crippen LogP) is 3.59. The molecule has 0 amide bonds. The van der Waals surface area contributed by atoms with E-state index in [1.54, 1.807) is 12.1 Å². The normalized spacial score (nSPS) is 10.8. The summed E-state index contributed by atoms with van der Waals surface area (Å²) in [6.07, 6.45) is -4.61. The Labute approximate surface area is 140 Å². The van der Waals surface area contributed by atoms with Gasteiger partial charge in [0.05, 0.1) is 10.5 Å². The van der Waals surface area contributed by atoms with Crippen molar-refractivity contribution in [2.45, 2.75) is 12.7 Å². The minimum atomic E-state index is -4.61. The Morgan fingerprint density at radius 3 is 2.16 bits per heavy atom. The van der Waals surface area contributed by atoms with Gasteiger partial charge in [0.25, 0.3) is 5.69 Å². The number of benzene rings is 2. The van der Waals surface area contributed by atoms with E-state index in [4.69, 9.17) is 14.4 Å². The summed E-state index contributed by atoms with van der Waals surface area (Å²) in [5.74, 6) is 0. The van der Waals surface area contributed by atoms with Gasteiger partial charge in [-0.1, -0.05) is 30.3 Å². The number of anilines is 1. The summed E-state index contributed by atoms with van der Waals surface area (Å²) >= 11 is 0. The van der Waals surface area contributed by atoms with E-state index >= 15 is 0 Å². The SMILES string of the molecule is O=[N+]([O-])c1cc(C(F)(F)F)ccc1NCc1ccccc1.O=[PH](O)O. The third kappa shape index (κ3) is 7.34. The van der Waals surface area contributed by atoms with Gasteiger partial charge >= 0.3 is 14.4 Å². The van der Waals surface area contributed by atoms with E-state index in [-0.39, 0.29) is 12.2 Å². The topological polar surface area (TPSA) is 113 Å². The van der Waals surface area contributed by atoms with E-state index in [1.165, 1.54) is 0 Å². The molecule has 0 aliphatic heterocycles. The van der Waals surface area contributed by atoms with Gasteiger partial charge in [0.15, 0.2) is 0 Å². The molecule has 11 heteroatoms. The van der Waals surface area contributed by atoms with Crippen molar-refractivity contribution in [1.82, 2.24) is 0 Å². The van der Waals surface area contributed by atoms with Crippen LogP contribution in [0.25, 0.3) is 0 Å². The summed E-state index contributed by atoms with van der Waals surface area (Å²) in [4.78, 5) is 24.4. The maximum Gasteiger partial charge on any atom is 0.416 e. The van der Waals surface area contributed by atoms with Crippen LogP contribution >= 0.6 is 8.25 Å². The predicted molar refractivity (Wildman–Crippen MR) is 85.3 cm³/mol. The third-order valence-electron chi connectivity index (χ3n) is 2.85. The van der Waals surface area contributed by atoms with E-state index in [1.807, 2.05) is 18.2 Å². The number of hydrogen-bond donors (Lipinski definition) is 3. The Kier molecular flexibility index (Phi) is 7.56. The molecular weight excluding hydrogens is 364 g/mol. The van der Waals surface area contributed by atoms with Gasteiger partial charge in [0.2, 0.25) is 0 Å². The average molecular weight is 378 g/mol. The second kappa shape index (κ2) is 9.16. The third-order valence-corrected chi connectivity index (χ3v) is 2.85. The van der Waals surface area contributed by atoms with E-state index in [0.717, 1.165) is 17.7 Å². The highest BCUT2D eigenvalue weighted by atomic mass is 31.1. The molecular formula is C14H14F3N2O5P. The Morgan fingerprint density at radius 2 is 1.68 bits per heavy atom. The lowest BCUT2D eigenvalue weighted by Gasteiger charge is -2.10. The number of nitro groups is 1. The zero-order chi connectivity index (χ0) is 19.0. The quantitative estimate of drug-likeness (QED) is 0.426. The van der Waals surface area contributed by atoms with Crippen molar-refractivity contribution in [3.05, 3.63) is 69.8 Å². The molecule has 0 aliphatic carbocycles. The molecule has 25 heavy (non-hydrogen) atoms. The maximum absolute atomic E-state index is 12.6. The second-order valence-electron chi connectivity index (χ2n) is 4.61. The molecule has 0 bridgehead atoms. The lowest BCUT2D eigenvalue weighted by molar-refractivity contribution is -0.384. The molecule has 0 spiro atoms. The van der Waals surface area contributed by atoms with E-state index in [9.17, 15) is 23.3 Å². The first-order valence-electron chi connectivity index (χ1n) is 6.66. The van der Waals surface area contributed by atoms with Crippen molar-refractivity contribution < 1.29 is 32.4 Å². The highest BCUT2D eigenvalue weighted by Crippen LogP contribution is 2.35. The van der Waals surface area contributed by atoms with Crippen molar-refractivity contribution >= 4 is 19.6 Å². The average Bonchev–Trinajstić information content (AvgIpc) is 2.52. The van der Waals surface area contributed by atoms with Crippen LogP contribution in [0.15, 0.2) is 48.5 Å². The van der Waals surface area contributed by atoms with Gasteiger partial charge in [0.1, 0.15) is 5.69 Å². The fraction of sp³-hybridized carbons (Fsp3) is 0.143. The van der Waals surface area contributed by atoms with Crippen LogP contribution in [-0.2, 0) is 17.3 Å². The van der Waals surface area contributed by atoms with Crippen LogP contribution in [0.4, 0.5) is 24.5 Å². The molecule has 0 saturated carbocycles. The molecule has 2 rings (SSSR count). The number of nitro benzene ring substituents is 1. The second-order valence-corrected chi connectivity index (χ2v) is 5.17. The van der Waals surface area contributed by atoms with Crippen LogP contribution in [0.3, 0.4) is 0 Å². The van der Waals surface area contributed by atoms with Crippen molar-refractivity contribution in [2.24, 2.45) is 0 Å². The highest BCUT2D eigenvalue weighted by Gasteiger charge is 2.32. The molecule has 136 valence electrons. The van der Waals surface area contributed by atoms with Gasteiger partial charge < -0.3 is 15.1 Å². The minimum Gasteiger partial charge on any atom is -0.375 e. The molecule has 0 radical (unpaired) electrons. The summed E-state index contributed by atoms with van der Waals surface area (Å²) in [5, 5.41) is 13.7. The Bertz CT molecular complexity index is 737. The summed E-state index contributed by atoms with van der Waals surface area (Å²) < 4.78 is 46.5. The summed E-state index contributed by atoms with van der Waals surface area (Å²) in [6, 6.07) is 11.5. The van der Waals surface area contributed by atoms with Crippen LogP contribution in [0, 0.1) is 10.1 Å². The van der Waals surface area contributed by atoms with E-state index in [2.05, 4.69) is 5.32 Å². The number of hydrogen-bond acceptors (Lipinski definition) is 4. The largest absolute Gasteiger partial charge is 0.416 e. The van der Waals surface area contributed by atoms with Gasteiger partial charge in [0, 0.05) is 12.6 Å². The fourth-order valence-electron chi connectivity index (χ4n) is 1.80. The van der Waals surface area contributed by atoms with Crippen LogP contribution in [0.2, 0.25) is 0 Å². The van der Waals surface area contributed by atoms with Gasteiger partial charge in [-0.15, -0.1) is 0 Å². The first-order chi connectivity index (χ1) is 11.6. The molecule has 0 heterocycles. The summed E-state index contributed by atoms with van der Waals surface area (Å²) in [7, 11) is -3.13. The standard InChI is InChI=1S/C14H11F3N2O2.H3O3P/c15-14(16,17)11-6-7-12(13(8-11)19(20)21)18-9-10-4-2-1-3-5-10;1-4(2)3/h1-8,18H,9H2;4H,(H2,1,2,3). The number of rotatable bonds is 4. The van der Waals surface area contributed by atoms with Crippen LogP contribution < -0.4 is 5.32 Å². The fourth-order valence-corrected chi connectivity index (χ4v) is 1.80. The van der Waals surface area contributed by atoms with Crippen molar-refractivity contribution in [1.29, 1.82) is 0 Å². The molecule has 3 N–H and O–H groups in total. The Morgan fingerprint density at radius 1 is 1.12 bits per heavy atom. The zero-order valence-electron chi connectivity index (χ0n) is 12.5. The molecule has 0 aliphatic rings. The monoisotopic (exact) mass is 378 g/mol. The molecule has 0 fully saturated rings.